The van der Waals surface area contributed by atoms with Crippen molar-refractivity contribution in [1.29, 1.82) is 0 Å². The van der Waals surface area contributed by atoms with Gasteiger partial charge >= 0.3 is 0 Å². The molecule has 0 radical (unpaired) electrons. The van der Waals surface area contributed by atoms with Crippen molar-refractivity contribution < 1.29 is 4.74 Å². The average Bonchev–Trinajstić information content (AvgIpc) is 2.38. The van der Waals surface area contributed by atoms with E-state index in [1.807, 2.05) is 12.1 Å². The highest BCUT2D eigenvalue weighted by molar-refractivity contribution is 5.29. The topological polar surface area (TPSA) is 21.3 Å². The molecule has 1 rings (SSSR count). The van der Waals surface area contributed by atoms with Crippen molar-refractivity contribution in [2.45, 2.75) is 47.1 Å². The third-order valence-corrected chi connectivity index (χ3v) is 4.08. The van der Waals surface area contributed by atoms with Crippen LogP contribution in [0.15, 0.2) is 24.3 Å². The summed E-state index contributed by atoms with van der Waals surface area (Å²) in [5.41, 5.74) is 1.69. The third-order valence-electron chi connectivity index (χ3n) is 4.08. The van der Waals surface area contributed by atoms with Crippen LogP contribution in [0.5, 0.6) is 5.75 Å². The first-order valence-corrected chi connectivity index (χ1v) is 7.25. The van der Waals surface area contributed by atoms with E-state index in [1.54, 1.807) is 7.11 Å². The van der Waals surface area contributed by atoms with Crippen LogP contribution in [-0.2, 0) is 0 Å². The lowest BCUT2D eigenvalue weighted by Crippen LogP contribution is -2.32. The lowest BCUT2D eigenvalue weighted by atomic mass is 9.82. The Morgan fingerprint density at radius 2 is 1.74 bits per heavy atom. The van der Waals surface area contributed by atoms with E-state index in [0.717, 1.165) is 18.7 Å². The van der Waals surface area contributed by atoms with E-state index in [4.69, 9.17) is 4.74 Å². The van der Waals surface area contributed by atoms with Crippen molar-refractivity contribution in [2.24, 2.45) is 11.3 Å². The molecule has 2 atom stereocenters. The molecule has 0 aliphatic heterocycles. The highest BCUT2D eigenvalue weighted by atomic mass is 16.5. The predicted octanol–water partition coefficient (Wildman–Crippen LogP) is 4.42. The summed E-state index contributed by atoms with van der Waals surface area (Å²) in [6, 6.07) is 8.80. The summed E-state index contributed by atoms with van der Waals surface area (Å²) in [5, 5.41) is 3.69. The Balaban J connectivity index is 2.62. The number of methoxy groups -OCH3 is 1. The van der Waals surface area contributed by atoms with Crippen LogP contribution in [0.3, 0.4) is 0 Å². The minimum absolute atomic E-state index is 0.352. The van der Waals surface area contributed by atoms with E-state index in [0.29, 0.717) is 17.4 Å². The highest BCUT2D eigenvalue weighted by Gasteiger charge is 2.20. The van der Waals surface area contributed by atoms with Crippen LogP contribution in [0.1, 0.15) is 52.6 Å². The zero-order valence-corrected chi connectivity index (χ0v) is 13.3. The molecule has 1 aromatic carbocycles. The van der Waals surface area contributed by atoms with Gasteiger partial charge in [0.05, 0.1) is 7.11 Å². The molecule has 0 aliphatic carbocycles. The lowest BCUT2D eigenvalue weighted by Gasteiger charge is -2.29. The Morgan fingerprint density at radius 1 is 1.16 bits per heavy atom. The molecule has 108 valence electrons. The van der Waals surface area contributed by atoms with Gasteiger partial charge in [-0.25, -0.2) is 0 Å². The van der Waals surface area contributed by atoms with Crippen LogP contribution in [0, 0.1) is 11.3 Å². The summed E-state index contributed by atoms with van der Waals surface area (Å²) < 4.78 is 5.21. The molecule has 0 spiro atoms. The Morgan fingerprint density at radius 3 is 2.16 bits per heavy atom. The van der Waals surface area contributed by atoms with Gasteiger partial charge in [-0.2, -0.15) is 0 Å². The average molecular weight is 263 g/mol. The summed E-state index contributed by atoms with van der Waals surface area (Å²) in [4.78, 5) is 0. The second kappa shape index (κ2) is 6.95. The summed E-state index contributed by atoms with van der Waals surface area (Å²) in [7, 11) is 1.70. The normalized spacial score (nSPS) is 15.1. The second-order valence-corrected chi connectivity index (χ2v) is 6.41. The van der Waals surface area contributed by atoms with E-state index in [2.05, 4.69) is 52.1 Å². The fraction of sp³-hybridized carbons (Fsp3) is 0.647. The van der Waals surface area contributed by atoms with Crippen LogP contribution in [0.4, 0.5) is 0 Å². The third kappa shape index (κ3) is 4.87. The molecule has 2 nitrogen and oxygen atoms in total. The monoisotopic (exact) mass is 263 g/mol. The van der Waals surface area contributed by atoms with Gasteiger partial charge < -0.3 is 10.1 Å². The van der Waals surface area contributed by atoms with Crippen LogP contribution < -0.4 is 10.1 Å². The first kappa shape index (κ1) is 16.0. The standard InChI is InChI=1S/C17H29NO/c1-7-16(18-12-13(2)17(3,4)5)14-8-10-15(19-6)11-9-14/h8-11,13,16,18H,7,12H2,1-6H3. The van der Waals surface area contributed by atoms with Gasteiger partial charge in [0.15, 0.2) is 0 Å². The highest BCUT2D eigenvalue weighted by Crippen LogP contribution is 2.26. The number of nitrogens with one attached hydrogen (secondary N) is 1. The molecule has 0 heterocycles. The Kier molecular flexibility index (Phi) is 5.86. The van der Waals surface area contributed by atoms with E-state index in [9.17, 15) is 0 Å². The van der Waals surface area contributed by atoms with E-state index < -0.39 is 0 Å². The first-order chi connectivity index (χ1) is 8.88. The molecule has 2 heteroatoms. The molecular weight excluding hydrogens is 234 g/mol. The fourth-order valence-electron chi connectivity index (χ4n) is 1.96. The summed E-state index contributed by atoms with van der Waals surface area (Å²) in [5.74, 6) is 1.57. The van der Waals surface area contributed by atoms with Gasteiger partial charge in [0.25, 0.3) is 0 Å². The van der Waals surface area contributed by atoms with Gasteiger partial charge in [0.2, 0.25) is 0 Å². The molecule has 0 aromatic heterocycles. The zero-order chi connectivity index (χ0) is 14.5. The summed E-state index contributed by atoms with van der Waals surface area (Å²) in [6.07, 6.45) is 1.10. The minimum Gasteiger partial charge on any atom is -0.497 e. The molecule has 0 bridgehead atoms. The van der Waals surface area contributed by atoms with Crippen LogP contribution in [0.2, 0.25) is 0 Å². The van der Waals surface area contributed by atoms with Gasteiger partial charge in [-0.15, -0.1) is 0 Å². The molecule has 0 aliphatic rings. The lowest BCUT2D eigenvalue weighted by molar-refractivity contribution is 0.244. The van der Waals surface area contributed by atoms with Crippen molar-refractivity contribution in [3.05, 3.63) is 29.8 Å². The molecule has 0 saturated heterocycles. The smallest absolute Gasteiger partial charge is 0.118 e. The fourth-order valence-corrected chi connectivity index (χ4v) is 1.96. The van der Waals surface area contributed by atoms with Crippen LogP contribution >= 0.6 is 0 Å². The maximum Gasteiger partial charge on any atom is 0.118 e. The molecule has 1 aromatic rings. The first-order valence-electron chi connectivity index (χ1n) is 7.25. The maximum absolute atomic E-state index is 5.21. The summed E-state index contributed by atoms with van der Waals surface area (Å²) in [6.45, 7) is 12.5. The van der Waals surface area contributed by atoms with Crippen molar-refractivity contribution >= 4 is 0 Å². The van der Waals surface area contributed by atoms with Crippen molar-refractivity contribution in [1.82, 2.24) is 5.32 Å². The Hall–Kier alpha value is -1.02. The van der Waals surface area contributed by atoms with Crippen molar-refractivity contribution in [3.8, 4) is 5.75 Å². The Bertz CT molecular complexity index is 364. The number of benzene rings is 1. The number of hydrogen-bond donors (Lipinski definition) is 1. The zero-order valence-electron chi connectivity index (χ0n) is 13.3. The predicted molar refractivity (Wildman–Crippen MR) is 82.6 cm³/mol. The van der Waals surface area contributed by atoms with Gasteiger partial charge in [-0.1, -0.05) is 46.8 Å². The van der Waals surface area contributed by atoms with Gasteiger partial charge in [-0.3, -0.25) is 0 Å². The van der Waals surface area contributed by atoms with E-state index in [-0.39, 0.29) is 0 Å². The second-order valence-electron chi connectivity index (χ2n) is 6.41. The van der Waals surface area contributed by atoms with Gasteiger partial charge in [-0.05, 0) is 42.0 Å². The van der Waals surface area contributed by atoms with E-state index >= 15 is 0 Å². The van der Waals surface area contributed by atoms with Crippen LogP contribution in [0.25, 0.3) is 0 Å². The largest absolute Gasteiger partial charge is 0.497 e. The quantitative estimate of drug-likeness (QED) is 0.820. The molecular formula is C17H29NO. The Labute approximate surface area is 118 Å². The molecule has 1 N–H and O–H groups in total. The molecule has 19 heavy (non-hydrogen) atoms. The van der Waals surface area contributed by atoms with Crippen molar-refractivity contribution in [3.63, 3.8) is 0 Å². The van der Waals surface area contributed by atoms with Gasteiger partial charge in [0, 0.05) is 6.04 Å². The molecule has 0 amide bonds. The number of rotatable bonds is 6. The number of hydrogen-bond acceptors (Lipinski definition) is 2. The molecule has 0 fully saturated rings. The maximum atomic E-state index is 5.21. The number of ether oxygens (including phenoxy) is 1. The SMILES string of the molecule is CCC(NCC(C)C(C)(C)C)c1ccc(OC)cc1. The van der Waals surface area contributed by atoms with E-state index in [1.165, 1.54) is 5.56 Å². The van der Waals surface area contributed by atoms with Crippen LogP contribution in [-0.4, -0.2) is 13.7 Å². The molecule has 0 saturated carbocycles. The minimum atomic E-state index is 0.352. The van der Waals surface area contributed by atoms with Gasteiger partial charge in [0.1, 0.15) is 5.75 Å². The summed E-state index contributed by atoms with van der Waals surface area (Å²) >= 11 is 0. The van der Waals surface area contributed by atoms with Crippen molar-refractivity contribution in [2.75, 3.05) is 13.7 Å². The molecule has 2 unspecified atom stereocenters.